The van der Waals surface area contributed by atoms with Crippen molar-refractivity contribution in [2.45, 2.75) is 32.1 Å². The molecule has 0 bridgehead atoms. The fraction of sp³-hybridized carbons (Fsp3) is 0.429. The van der Waals surface area contributed by atoms with Crippen LogP contribution in [0, 0.1) is 6.92 Å². The number of likely N-dealkylation sites (tertiary alicyclic amines) is 1. The molecule has 4 nitrogen and oxygen atoms in total. The molecule has 1 atom stereocenters. The molecule has 2 fully saturated rings. The highest BCUT2D eigenvalue weighted by molar-refractivity contribution is 5.95. The van der Waals surface area contributed by atoms with Gasteiger partial charge in [0.15, 0.2) is 0 Å². The van der Waals surface area contributed by atoms with E-state index in [-0.39, 0.29) is 5.91 Å². The maximum atomic E-state index is 13.0. The number of amides is 1. The molecular weight excluding hydrogens is 310 g/mol. The zero-order valence-electron chi connectivity index (χ0n) is 14.8. The maximum absolute atomic E-state index is 13.0. The highest BCUT2D eigenvalue weighted by Gasteiger charge is 2.26. The highest BCUT2D eigenvalue weighted by atomic mass is 16.2. The Labute approximate surface area is 149 Å². The van der Waals surface area contributed by atoms with Crippen molar-refractivity contribution in [1.29, 1.82) is 0 Å². The first-order chi connectivity index (χ1) is 12.2. The predicted molar refractivity (Wildman–Crippen MR) is 100 cm³/mol. The number of carbonyl (C=O) groups excluding carboxylic acids is 1. The first-order valence-electron chi connectivity index (χ1n) is 9.27. The fourth-order valence-electron chi connectivity index (χ4n) is 3.72. The van der Waals surface area contributed by atoms with Gasteiger partial charge in [-0.2, -0.15) is 0 Å². The number of rotatable bonds is 3. The number of aryl methyl sites for hydroxylation is 1. The molecule has 1 aromatic heterocycles. The molecule has 0 spiro atoms. The molecule has 2 aliphatic rings. The van der Waals surface area contributed by atoms with Gasteiger partial charge in [0.05, 0.1) is 0 Å². The Morgan fingerprint density at radius 1 is 1.08 bits per heavy atom. The molecule has 2 aromatic rings. The quantitative estimate of drug-likeness (QED) is 0.859. The lowest BCUT2D eigenvalue weighted by Gasteiger charge is -2.34. The fourth-order valence-corrected chi connectivity index (χ4v) is 3.72. The first-order valence-corrected chi connectivity index (χ1v) is 9.27. The van der Waals surface area contributed by atoms with Gasteiger partial charge in [-0.25, -0.2) is 4.98 Å². The number of carbonyl (C=O) groups is 1. The van der Waals surface area contributed by atoms with Gasteiger partial charge in [0.1, 0.15) is 5.82 Å². The Morgan fingerprint density at radius 3 is 2.60 bits per heavy atom. The Hall–Kier alpha value is -2.36. The van der Waals surface area contributed by atoms with Gasteiger partial charge in [-0.1, -0.05) is 29.8 Å². The van der Waals surface area contributed by atoms with E-state index in [2.05, 4.69) is 41.1 Å². The van der Waals surface area contributed by atoms with Crippen LogP contribution >= 0.6 is 0 Å². The first kappa shape index (κ1) is 16.1. The lowest BCUT2D eigenvalue weighted by Crippen LogP contribution is -2.40. The Morgan fingerprint density at radius 2 is 1.88 bits per heavy atom. The zero-order chi connectivity index (χ0) is 17.2. The van der Waals surface area contributed by atoms with Crippen molar-refractivity contribution in [3.05, 3.63) is 59.3 Å². The summed E-state index contributed by atoms with van der Waals surface area (Å²) in [5.41, 5.74) is 3.39. The Kier molecular flexibility index (Phi) is 4.43. The molecule has 3 heterocycles. The van der Waals surface area contributed by atoms with Gasteiger partial charge in [0.2, 0.25) is 0 Å². The van der Waals surface area contributed by atoms with Crippen LogP contribution in [0.25, 0.3) is 0 Å². The molecule has 2 aliphatic heterocycles. The standard InChI is InChI=1S/C21H25N3O/c1-16-5-7-17(8-6-16)19-4-2-11-24(15-19)21(25)18-9-10-22-20(14-18)23-12-3-13-23/h5-10,14,19H,2-4,11-13,15H2,1H3/t19-/m0/s1. The van der Waals surface area contributed by atoms with Gasteiger partial charge >= 0.3 is 0 Å². The number of hydrogen-bond donors (Lipinski definition) is 0. The molecule has 4 rings (SSSR count). The van der Waals surface area contributed by atoms with Crippen molar-refractivity contribution in [1.82, 2.24) is 9.88 Å². The predicted octanol–water partition coefficient (Wildman–Crippen LogP) is 3.62. The van der Waals surface area contributed by atoms with Crippen molar-refractivity contribution in [3.8, 4) is 0 Å². The second-order valence-corrected chi connectivity index (χ2v) is 7.24. The summed E-state index contributed by atoms with van der Waals surface area (Å²) in [5, 5.41) is 0. The summed E-state index contributed by atoms with van der Waals surface area (Å²) >= 11 is 0. The lowest BCUT2D eigenvalue weighted by atomic mass is 9.90. The monoisotopic (exact) mass is 335 g/mol. The molecule has 25 heavy (non-hydrogen) atoms. The number of hydrogen-bond acceptors (Lipinski definition) is 3. The molecule has 0 saturated carbocycles. The van der Waals surface area contributed by atoms with Gasteiger partial charge in [0, 0.05) is 43.9 Å². The average molecular weight is 335 g/mol. The van der Waals surface area contributed by atoms with E-state index in [1.54, 1.807) is 6.20 Å². The van der Waals surface area contributed by atoms with E-state index >= 15 is 0 Å². The smallest absolute Gasteiger partial charge is 0.254 e. The normalized spacial score (nSPS) is 20.3. The van der Waals surface area contributed by atoms with E-state index in [0.29, 0.717) is 5.92 Å². The second kappa shape index (κ2) is 6.87. The number of nitrogens with zero attached hydrogens (tertiary/aromatic N) is 3. The number of aromatic nitrogens is 1. The molecule has 130 valence electrons. The minimum absolute atomic E-state index is 0.140. The van der Waals surface area contributed by atoms with Crippen LogP contribution in [0.5, 0.6) is 0 Å². The summed E-state index contributed by atoms with van der Waals surface area (Å²) in [7, 11) is 0. The van der Waals surface area contributed by atoms with Crippen LogP contribution in [0.15, 0.2) is 42.6 Å². The SMILES string of the molecule is Cc1ccc([C@H]2CCCN(C(=O)c3ccnc(N4CCC4)c3)C2)cc1. The van der Waals surface area contributed by atoms with Crippen LogP contribution in [-0.4, -0.2) is 42.0 Å². The summed E-state index contributed by atoms with van der Waals surface area (Å²) in [6.07, 6.45) is 5.20. The molecule has 1 aromatic carbocycles. The van der Waals surface area contributed by atoms with Crippen molar-refractivity contribution < 1.29 is 4.79 Å². The van der Waals surface area contributed by atoms with E-state index in [4.69, 9.17) is 0 Å². The van der Waals surface area contributed by atoms with E-state index < -0.39 is 0 Å². The maximum Gasteiger partial charge on any atom is 0.254 e. The largest absolute Gasteiger partial charge is 0.356 e. The summed E-state index contributed by atoms with van der Waals surface area (Å²) in [6.45, 7) is 5.86. The van der Waals surface area contributed by atoms with Gasteiger partial charge in [-0.05, 0) is 43.9 Å². The van der Waals surface area contributed by atoms with Gasteiger partial charge < -0.3 is 9.80 Å². The molecule has 0 N–H and O–H groups in total. The van der Waals surface area contributed by atoms with Crippen LogP contribution in [0.1, 0.15) is 46.7 Å². The minimum atomic E-state index is 0.140. The third kappa shape index (κ3) is 3.39. The number of pyridine rings is 1. The summed E-state index contributed by atoms with van der Waals surface area (Å²) in [6, 6.07) is 12.6. The van der Waals surface area contributed by atoms with E-state index in [1.807, 2.05) is 17.0 Å². The van der Waals surface area contributed by atoms with Crippen LogP contribution < -0.4 is 4.90 Å². The number of anilines is 1. The van der Waals surface area contributed by atoms with Gasteiger partial charge in [-0.3, -0.25) is 4.79 Å². The highest BCUT2D eigenvalue weighted by Crippen LogP contribution is 2.28. The third-order valence-electron chi connectivity index (χ3n) is 5.43. The molecule has 0 radical (unpaired) electrons. The molecule has 2 saturated heterocycles. The molecular formula is C21H25N3O. The number of piperidine rings is 1. The van der Waals surface area contributed by atoms with E-state index in [9.17, 15) is 4.79 Å². The molecule has 1 amide bonds. The lowest BCUT2D eigenvalue weighted by molar-refractivity contribution is 0.0707. The van der Waals surface area contributed by atoms with Gasteiger partial charge in [0.25, 0.3) is 5.91 Å². The summed E-state index contributed by atoms with van der Waals surface area (Å²) in [4.78, 5) is 21.6. The molecule has 0 unspecified atom stereocenters. The zero-order valence-corrected chi connectivity index (χ0v) is 14.8. The Balaban J connectivity index is 1.49. The third-order valence-corrected chi connectivity index (χ3v) is 5.43. The van der Waals surface area contributed by atoms with Crippen molar-refractivity contribution in [2.24, 2.45) is 0 Å². The Bertz CT molecular complexity index is 752. The second-order valence-electron chi connectivity index (χ2n) is 7.24. The molecule has 4 heteroatoms. The van der Waals surface area contributed by atoms with Crippen molar-refractivity contribution in [3.63, 3.8) is 0 Å². The van der Waals surface area contributed by atoms with Crippen molar-refractivity contribution >= 4 is 11.7 Å². The topological polar surface area (TPSA) is 36.4 Å². The summed E-state index contributed by atoms with van der Waals surface area (Å²) in [5.74, 6) is 1.51. The van der Waals surface area contributed by atoms with Crippen LogP contribution in [0.3, 0.4) is 0 Å². The van der Waals surface area contributed by atoms with Gasteiger partial charge in [-0.15, -0.1) is 0 Å². The minimum Gasteiger partial charge on any atom is -0.356 e. The van der Waals surface area contributed by atoms with E-state index in [0.717, 1.165) is 50.4 Å². The van der Waals surface area contributed by atoms with E-state index in [1.165, 1.54) is 17.5 Å². The van der Waals surface area contributed by atoms with Crippen LogP contribution in [0.4, 0.5) is 5.82 Å². The average Bonchev–Trinajstić information content (AvgIpc) is 2.61. The van der Waals surface area contributed by atoms with Crippen LogP contribution in [-0.2, 0) is 0 Å². The van der Waals surface area contributed by atoms with Crippen LogP contribution in [0.2, 0.25) is 0 Å². The summed E-state index contributed by atoms with van der Waals surface area (Å²) < 4.78 is 0. The molecule has 0 aliphatic carbocycles. The van der Waals surface area contributed by atoms with Crippen molar-refractivity contribution in [2.75, 3.05) is 31.1 Å². The number of benzene rings is 1.